The van der Waals surface area contributed by atoms with Gasteiger partial charge in [0.15, 0.2) is 6.61 Å². The number of aromatic nitrogens is 1. The zero-order valence-electron chi connectivity index (χ0n) is 19.9. The van der Waals surface area contributed by atoms with E-state index in [-0.39, 0.29) is 12.4 Å². The lowest BCUT2D eigenvalue weighted by Crippen LogP contribution is -2.51. The van der Waals surface area contributed by atoms with Gasteiger partial charge in [-0.2, -0.15) is 0 Å². The van der Waals surface area contributed by atoms with Crippen molar-refractivity contribution in [1.29, 1.82) is 0 Å². The SMILES string of the molecule is Fc1ccc(Cc2ccc(N3CCN(CC(F)(F)COc4ccc5ncccc5c4)CC3)cc2)cc1. The molecule has 0 spiro atoms. The van der Waals surface area contributed by atoms with Gasteiger partial charge in [-0.15, -0.1) is 0 Å². The van der Waals surface area contributed by atoms with Crippen molar-refractivity contribution < 1.29 is 17.9 Å². The molecule has 4 aromatic rings. The van der Waals surface area contributed by atoms with Gasteiger partial charge in [0.05, 0.1) is 12.1 Å². The number of anilines is 1. The van der Waals surface area contributed by atoms with Crippen LogP contribution in [0.1, 0.15) is 11.1 Å². The molecule has 0 bridgehead atoms. The quantitative estimate of drug-likeness (QED) is 0.312. The number of fused-ring (bicyclic) bond motifs is 1. The summed E-state index contributed by atoms with van der Waals surface area (Å²) in [4.78, 5) is 8.25. The first-order valence-electron chi connectivity index (χ1n) is 12.1. The van der Waals surface area contributed by atoms with E-state index in [1.165, 1.54) is 12.1 Å². The Labute approximate surface area is 208 Å². The van der Waals surface area contributed by atoms with Crippen LogP contribution in [-0.2, 0) is 6.42 Å². The number of alkyl halides is 2. The number of halogens is 3. The maximum Gasteiger partial charge on any atom is 0.293 e. The zero-order chi connectivity index (χ0) is 25.0. The Bertz CT molecular complexity index is 1290. The van der Waals surface area contributed by atoms with E-state index in [0.29, 0.717) is 31.9 Å². The maximum absolute atomic E-state index is 14.7. The first-order chi connectivity index (χ1) is 17.4. The van der Waals surface area contributed by atoms with Gasteiger partial charge >= 0.3 is 0 Å². The lowest BCUT2D eigenvalue weighted by molar-refractivity contribution is -0.0659. The smallest absolute Gasteiger partial charge is 0.293 e. The molecule has 0 N–H and O–H groups in total. The molecule has 0 atom stereocenters. The Balaban J connectivity index is 1.09. The number of ether oxygens (including phenoxy) is 1. The maximum atomic E-state index is 14.7. The van der Waals surface area contributed by atoms with Crippen molar-refractivity contribution in [1.82, 2.24) is 9.88 Å². The zero-order valence-corrected chi connectivity index (χ0v) is 19.9. The van der Waals surface area contributed by atoms with E-state index in [2.05, 4.69) is 34.1 Å². The number of rotatable bonds is 8. The fourth-order valence-electron chi connectivity index (χ4n) is 4.53. The summed E-state index contributed by atoms with van der Waals surface area (Å²) in [5.41, 5.74) is 4.09. The minimum Gasteiger partial charge on any atom is -0.487 e. The summed E-state index contributed by atoms with van der Waals surface area (Å²) in [6, 6.07) is 23.7. The molecule has 1 aliphatic rings. The molecular weight excluding hydrogens is 463 g/mol. The Morgan fingerprint density at radius 3 is 2.25 bits per heavy atom. The standard InChI is InChI=1S/C29H28F3N3O/c30-25-7-3-22(4-8-25)18-23-5-9-26(10-6-23)35-16-14-34(15-17-35)20-29(31,32)21-36-27-11-12-28-24(19-27)2-1-13-33-28/h1-13,19H,14-18,20-21H2. The number of hydrogen-bond donors (Lipinski definition) is 0. The van der Waals surface area contributed by atoms with E-state index in [1.807, 2.05) is 12.1 Å². The second-order valence-corrected chi connectivity index (χ2v) is 9.24. The van der Waals surface area contributed by atoms with Crippen LogP contribution in [0.25, 0.3) is 10.9 Å². The Kier molecular flexibility index (Phi) is 7.09. The molecule has 186 valence electrons. The molecule has 7 heteroatoms. The first-order valence-corrected chi connectivity index (χ1v) is 12.1. The molecule has 1 saturated heterocycles. The van der Waals surface area contributed by atoms with Gasteiger partial charge in [-0.05, 0) is 66.1 Å². The van der Waals surface area contributed by atoms with Crippen LogP contribution < -0.4 is 9.64 Å². The van der Waals surface area contributed by atoms with Gasteiger partial charge in [0.2, 0.25) is 0 Å². The third kappa shape index (κ3) is 6.15. The lowest BCUT2D eigenvalue weighted by atomic mass is 10.0. The van der Waals surface area contributed by atoms with Crippen LogP contribution in [0.5, 0.6) is 5.75 Å². The van der Waals surface area contributed by atoms with Gasteiger partial charge in [-0.25, -0.2) is 13.2 Å². The highest BCUT2D eigenvalue weighted by Crippen LogP contribution is 2.24. The number of nitrogens with zero attached hydrogens (tertiary/aromatic N) is 3. The van der Waals surface area contributed by atoms with Crippen molar-refractivity contribution >= 4 is 16.6 Å². The molecule has 0 amide bonds. The second kappa shape index (κ2) is 10.6. The number of benzene rings is 3. The topological polar surface area (TPSA) is 28.6 Å². The molecular formula is C29H28F3N3O. The van der Waals surface area contributed by atoms with Gasteiger partial charge < -0.3 is 9.64 Å². The molecule has 1 aliphatic heterocycles. The Morgan fingerprint density at radius 2 is 1.53 bits per heavy atom. The van der Waals surface area contributed by atoms with Crippen molar-refractivity contribution in [3.05, 3.63) is 102 Å². The van der Waals surface area contributed by atoms with E-state index in [9.17, 15) is 13.2 Å². The fraction of sp³-hybridized carbons (Fsp3) is 0.276. The highest BCUT2D eigenvalue weighted by molar-refractivity contribution is 5.79. The Morgan fingerprint density at radius 1 is 0.833 bits per heavy atom. The molecule has 5 rings (SSSR count). The molecule has 3 aromatic carbocycles. The molecule has 2 heterocycles. The first kappa shape index (κ1) is 24.1. The van der Waals surface area contributed by atoms with Crippen LogP contribution >= 0.6 is 0 Å². The average Bonchev–Trinajstić information content (AvgIpc) is 2.89. The van der Waals surface area contributed by atoms with Gasteiger partial charge in [0.25, 0.3) is 5.92 Å². The summed E-state index contributed by atoms with van der Waals surface area (Å²) in [5.74, 6) is -2.77. The van der Waals surface area contributed by atoms with Gasteiger partial charge in [0.1, 0.15) is 11.6 Å². The fourth-order valence-corrected chi connectivity index (χ4v) is 4.53. The van der Waals surface area contributed by atoms with Crippen LogP contribution in [0.15, 0.2) is 85.1 Å². The van der Waals surface area contributed by atoms with E-state index in [1.54, 1.807) is 41.4 Å². The number of pyridine rings is 1. The van der Waals surface area contributed by atoms with E-state index < -0.39 is 12.5 Å². The minimum absolute atomic E-state index is 0.235. The normalized spacial score (nSPS) is 14.8. The minimum atomic E-state index is -2.95. The molecule has 4 nitrogen and oxygen atoms in total. The molecule has 0 radical (unpaired) electrons. The number of hydrogen-bond acceptors (Lipinski definition) is 4. The van der Waals surface area contributed by atoms with Crippen molar-refractivity contribution in [2.45, 2.75) is 12.3 Å². The van der Waals surface area contributed by atoms with Crippen LogP contribution in [0, 0.1) is 5.82 Å². The van der Waals surface area contributed by atoms with E-state index >= 15 is 0 Å². The third-order valence-corrected chi connectivity index (χ3v) is 6.47. The van der Waals surface area contributed by atoms with E-state index in [4.69, 9.17) is 4.74 Å². The summed E-state index contributed by atoms with van der Waals surface area (Å²) >= 11 is 0. The Hall–Kier alpha value is -3.58. The van der Waals surface area contributed by atoms with Crippen LogP contribution in [0.4, 0.5) is 18.9 Å². The average molecular weight is 492 g/mol. The lowest BCUT2D eigenvalue weighted by Gasteiger charge is -2.37. The highest BCUT2D eigenvalue weighted by Gasteiger charge is 2.34. The van der Waals surface area contributed by atoms with Crippen LogP contribution in [-0.4, -0.2) is 55.1 Å². The second-order valence-electron chi connectivity index (χ2n) is 9.24. The van der Waals surface area contributed by atoms with E-state index in [0.717, 1.165) is 34.1 Å². The van der Waals surface area contributed by atoms with Gasteiger partial charge in [-0.3, -0.25) is 9.88 Å². The third-order valence-electron chi connectivity index (χ3n) is 6.47. The number of piperazine rings is 1. The monoisotopic (exact) mass is 491 g/mol. The molecule has 0 unspecified atom stereocenters. The predicted octanol–water partition coefficient (Wildman–Crippen LogP) is 5.80. The molecule has 1 aromatic heterocycles. The summed E-state index contributed by atoms with van der Waals surface area (Å²) < 4.78 is 47.9. The predicted molar refractivity (Wildman–Crippen MR) is 136 cm³/mol. The van der Waals surface area contributed by atoms with Crippen molar-refractivity contribution in [2.24, 2.45) is 0 Å². The molecule has 1 fully saturated rings. The van der Waals surface area contributed by atoms with Gasteiger partial charge in [0, 0.05) is 43.4 Å². The highest BCUT2D eigenvalue weighted by atomic mass is 19.3. The van der Waals surface area contributed by atoms with Crippen LogP contribution in [0.3, 0.4) is 0 Å². The van der Waals surface area contributed by atoms with Crippen LogP contribution in [0.2, 0.25) is 0 Å². The largest absolute Gasteiger partial charge is 0.487 e. The molecule has 36 heavy (non-hydrogen) atoms. The molecule has 0 saturated carbocycles. The van der Waals surface area contributed by atoms with Crippen molar-refractivity contribution in [2.75, 3.05) is 44.2 Å². The summed E-state index contributed by atoms with van der Waals surface area (Å²) in [6.45, 7) is 1.52. The van der Waals surface area contributed by atoms with Crippen molar-refractivity contribution in [3.63, 3.8) is 0 Å². The molecule has 0 aliphatic carbocycles. The summed E-state index contributed by atoms with van der Waals surface area (Å²) in [5, 5.41) is 0.859. The van der Waals surface area contributed by atoms with Crippen molar-refractivity contribution in [3.8, 4) is 5.75 Å². The summed E-state index contributed by atoms with van der Waals surface area (Å²) in [6.07, 6.45) is 2.43. The summed E-state index contributed by atoms with van der Waals surface area (Å²) in [7, 11) is 0. The van der Waals surface area contributed by atoms with Gasteiger partial charge in [-0.1, -0.05) is 30.3 Å².